The summed E-state index contributed by atoms with van der Waals surface area (Å²) in [4.78, 5) is 14.7. The number of aromatic hydroxyl groups is 1. The molecule has 4 nitrogen and oxygen atoms in total. The number of phenolic OH excluding ortho intramolecular Hbond substituents is 1. The fourth-order valence-corrected chi connectivity index (χ4v) is 3.47. The molecule has 2 saturated carbocycles. The predicted molar refractivity (Wildman–Crippen MR) is 88.9 cm³/mol. The van der Waals surface area contributed by atoms with Crippen LogP contribution in [0.2, 0.25) is 0 Å². The van der Waals surface area contributed by atoms with Crippen LogP contribution in [-0.2, 0) is 11.3 Å². The fourth-order valence-electron chi connectivity index (χ4n) is 3.47. The molecule has 3 rings (SSSR count). The first-order valence-electron chi connectivity index (χ1n) is 8.82. The van der Waals surface area contributed by atoms with Gasteiger partial charge in [0, 0.05) is 13.1 Å². The van der Waals surface area contributed by atoms with Gasteiger partial charge < -0.3 is 15.1 Å². The summed E-state index contributed by atoms with van der Waals surface area (Å²) in [7, 11) is 0. The number of phenols is 1. The van der Waals surface area contributed by atoms with Crippen molar-refractivity contribution >= 4 is 5.91 Å². The predicted octanol–water partition coefficient (Wildman–Crippen LogP) is 3.22. The minimum Gasteiger partial charge on any atom is -0.508 e. The number of rotatable bonds is 6. The first kappa shape index (κ1) is 16.3. The van der Waals surface area contributed by atoms with Gasteiger partial charge in [-0.15, -0.1) is 0 Å². The zero-order valence-corrected chi connectivity index (χ0v) is 13.7. The summed E-state index contributed by atoms with van der Waals surface area (Å²) in [6, 6.07) is 7.03. The van der Waals surface area contributed by atoms with E-state index in [1.807, 2.05) is 17.0 Å². The summed E-state index contributed by atoms with van der Waals surface area (Å²) in [5.74, 6) is 0.928. The molecule has 0 aliphatic heterocycles. The molecule has 0 spiro atoms. The van der Waals surface area contributed by atoms with E-state index in [9.17, 15) is 15.0 Å². The van der Waals surface area contributed by atoms with Crippen molar-refractivity contribution in [2.45, 2.75) is 63.5 Å². The first-order chi connectivity index (χ1) is 11.0. The Morgan fingerprint density at radius 3 is 2.39 bits per heavy atom. The van der Waals surface area contributed by atoms with E-state index in [1.54, 1.807) is 12.1 Å². The molecule has 0 unspecified atom stereocenters. The molecule has 2 N–H and O–H groups in total. The second-order valence-corrected chi connectivity index (χ2v) is 7.35. The lowest BCUT2D eigenvalue weighted by atomic mass is 9.82. The molecular formula is C19H27NO3. The van der Waals surface area contributed by atoms with Crippen LogP contribution in [0.15, 0.2) is 24.3 Å². The number of nitrogens with zero attached hydrogens (tertiary/aromatic N) is 1. The molecule has 23 heavy (non-hydrogen) atoms. The van der Waals surface area contributed by atoms with Crippen LogP contribution in [-0.4, -0.2) is 33.2 Å². The van der Waals surface area contributed by atoms with E-state index in [4.69, 9.17) is 0 Å². The molecule has 126 valence electrons. The summed E-state index contributed by atoms with van der Waals surface area (Å²) in [6.45, 7) is 1.35. The third-order valence-electron chi connectivity index (χ3n) is 5.10. The Balaban J connectivity index is 1.64. The van der Waals surface area contributed by atoms with E-state index in [2.05, 4.69) is 0 Å². The van der Waals surface area contributed by atoms with Crippen molar-refractivity contribution < 1.29 is 15.0 Å². The third-order valence-corrected chi connectivity index (χ3v) is 5.10. The van der Waals surface area contributed by atoms with Crippen LogP contribution >= 0.6 is 0 Å². The van der Waals surface area contributed by atoms with Gasteiger partial charge in [0.05, 0.1) is 12.0 Å². The van der Waals surface area contributed by atoms with Crippen molar-refractivity contribution in [2.75, 3.05) is 6.54 Å². The zero-order chi connectivity index (χ0) is 16.3. The number of carbonyl (C=O) groups excluding carboxylic acids is 1. The maximum absolute atomic E-state index is 12.8. The Bertz CT molecular complexity index is 530. The minimum atomic E-state index is -0.800. The highest BCUT2D eigenvalue weighted by Crippen LogP contribution is 2.34. The van der Waals surface area contributed by atoms with E-state index in [0.29, 0.717) is 12.5 Å². The molecule has 0 saturated heterocycles. The van der Waals surface area contributed by atoms with Crippen LogP contribution in [0.5, 0.6) is 5.75 Å². The minimum absolute atomic E-state index is 0.0642. The highest BCUT2D eigenvalue weighted by atomic mass is 16.3. The molecule has 0 bridgehead atoms. The number of carbonyl (C=O) groups is 1. The second kappa shape index (κ2) is 6.91. The van der Waals surface area contributed by atoms with Gasteiger partial charge in [0.25, 0.3) is 0 Å². The quantitative estimate of drug-likeness (QED) is 0.847. The largest absolute Gasteiger partial charge is 0.508 e. The fraction of sp³-hybridized carbons (Fsp3) is 0.632. The molecule has 0 radical (unpaired) electrons. The number of hydrogen-bond donors (Lipinski definition) is 2. The number of amides is 1. The summed E-state index contributed by atoms with van der Waals surface area (Å²) in [5.41, 5.74) is 0.221. The summed E-state index contributed by atoms with van der Waals surface area (Å²) in [6.07, 6.45) is 7.33. The van der Waals surface area contributed by atoms with E-state index in [0.717, 1.165) is 44.2 Å². The van der Waals surface area contributed by atoms with E-state index >= 15 is 0 Å². The molecule has 4 heteroatoms. The molecule has 0 aromatic heterocycles. The standard InChI is InChI=1S/C19H27NO3/c21-17-8-6-16(7-9-17)14-20(13-15-4-5-15)18(22)12-19(23)10-2-1-3-11-19/h6-9,15,21,23H,1-5,10-14H2. The molecule has 1 aromatic rings. The van der Waals surface area contributed by atoms with Gasteiger partial charge >= 0.3 is 0 Å². The molecule has 2 aliphatic rings. The SMILES string of the molecule is O=C(CC1(O)CCCCC1)N(Cc1ccc(O)cc1)CC1CC1. The van der Waals surface area contributed by atoms with Crippen LogP contribution < -0.4 is 0 Å². The summed E-state index contributed by atoms with van der Waals surface area (Å²) < 4.78 is 0. The Kier molecular flexibility index (Phi) is 4.90. The van der Waals surface area contributed by atoms with Crippen LogP contribution in [0.3, 0.4) is 0 Å². The van der Waals surface area contributed by atoms with Crippen molar-refractivity contribution in [1.29, 1.82) is 0 Å². The average Bonchev–Trinajstić information content (AvgIpc) is 3.33. The molecule has 1 amide bonds. The van der Waals surface area contributed by atoms with Crippen LogP contribution in [0.1, 0.15) is 56.9 Å². The van der Waals surface area contributed by atoms with Gasteiger partial charge in [0.2, 0.25) is 5.91 Å². The van der Waals surface area contributed by atoms with Gasteiger partial charge in [0.1, 0.15) is 5.75 Å². The summed E-state index contributed by atoms with van der Waals surface area (Å²) >= 11 is 0. The van der Waals surface area contributed by atoms with Crippen molar-refractivity contribution in [3.05, 3.63) is 29.8 Å². The zero-order valence-electron chi connectivity index (χ0n) is 13.7. The van der Waals surface area contributed by atoms with E-state index in [1.165, 1.54) is 12.8 Å². The lowest BCUT2D eigenvalue weighted by Crippen LogP contribution is -2.41. The number of benzene rings is 1. The highest BCUT2D eigenvalue weighted by molar-refractivity contribution is 5.77. The van der Waals surface area contributed by atoms with Crippen molar-refractivity contribution in [3.8, 4) is 5.75 Å². The smallest absolute Gasteiger partial charge is 0.225 e. The molecular weight excluding hydrogens is 290 g/mol. The van der Waals surface area contributed by atoms with Gasteiger partial charge in [-0.05, 0) is 49.3 Å². The van der Waals surface area contributed by atoms with Gasteiger partial charge in [-0.3, -0.25) is 4.79 Å². The normalized spacial score (nSPS) is 20.2. The second-order valence-electron chi connectivity index (χ2n) is 7.35. The first-order valence-corrected chi connectivity index (χ1v) is 8.82. The van der Waals surface area contributed by atoms with Crippen molar-refractivity contribution in [3.63, 3.8) is 0 Å². The Morgan fingerprint density at radius 1 is 1.13 bits per heavy atom. The van der Waals surface area contributed by atoms with Gasteiger partial charge in [-0.25, -0.2) is 0 Å². The third kappa shape index (κ3) is 4.71. The molecule has 2 aliphatic carbocycles. The van der Waals surface area contributed by atoms with Crippen molar-refractivity contribution in [2.24, 2.45) is 5.92 Å². The van der Waals surface area contributed by atoms with E-state index in [-0.39, 0.29) is 18.1 Å². The topological polar surface area (TPSA) is 60.8 Å². The van der Waals surface area contributed by atoms with Gasteiger partial charge in [0.15, 0.2) is 0 Å². The highest BCUT2D eigenvalue weighted by Gasteiger charge is 2.35. The van der Waals surface area contributed by atoms with E-state index < -0.39 is 5.60 Å². The lowest BCUT2D eigenvalue weighted by Gasteiger charge is -2.34. The Hall–Kier alpha value is -1.55. The Morgan fingerprint density at radius 2 is 1.78 bits per heavy atom. The molecule has 0 atom stereocenters. The van der Waals surface area contributed by atoms with Gasteiger partial charge in [-0.2, -0.15) is 0 Å². The van der Waals surface area contributed by atoms with Crippen molar-refractivity contribution in [1.82, 2.24) is 4.90 Å². The number of hydrogen-bond acceptors (Lipinski definition) is 3. The molecule has 0 heterocycles. The monoisotopic (exact) mass is 317 g/mol. The molecule has 2 fully saturated rings. The maximum Gasteiger partial charge on any atom is 0.225 e. The maximum atomic E-state index is 12.8. The lowest BCUT2D eigenvalue weighted by molar-refractivity contribution is -0.138. The van der Waals surface area contributed by atoms with Crippen LogP contribution in [0, 0.1) is 5.92 Å². The van der Waals surface area contributed by atoms with Gasteiger partial charge in [-0.1, -0.05) is 31.4 Å². The van der Waals surface area contributed by atoms with Crippen LogP contribution in [0.4, 0.5) is 0 Å². The summed E-state index contributed by atoms with van der Waals surface area (Å²) in [5, 5.41) is 20.1. The Labute approximate surface area is 138 Å². The average molecular weight is 317 g/mol. The van der Waals surface area contributed by atoms with Crippen LogP contribution in [0.25, 0.3) is 0 Å². The number of aliphatic hydroxyl groups is 1. The molecule has 1 aromatic carbocycles.